The summed E-state index contributed by atoms with van der Waals surface area (Å²) in [6.07, 6.45) is 0. The van der Waals surface area contributed by atoms with Gasteiger partial charge in [-0.05, 0) is 12.1 Å². The summed E-state index contributed by atoms with van der Waals surface area (Å²) in [7, 11) is -3.81. The van der Waals surface area contributed by atoms with E-state index in [-0.39, 0.29) is 0 Å². The number of para-hydroxylation sites is 2. The molecule has 8 nitrogen and oxygen atoms in total. The third-order valence-electron chi connectivity index (χ3n) is 2.32. The van der Waals surface area contributed by atoms with Gasteiger partial charge in [-0.25, -0.2) is 9.66 Å². The summed E-state index contributed by atoms with van der Waals surface area (Å²) in [5.41, 5.74) is -0.687. The van der Waals surface area contributed by atoms with Crippen molar-refractivity contribution in [1.82, 2.24) is 14.7 Å². The highest BCUT2D eigenvalue weighted by molar-refractivity contribution is 7.55. The van der Waals surface area contributed by atoms with E-state index < -0.39 is 24.7 Å². The van der Waals surface area contributed by atoms with Gasteiger partial charge in [0.05, 0.1) is 11.0 Å². The Hall–Kier alpha value is -2.18. The molecule has 2 rings (SSSR count). The molecule has 1 heterocycles. The van der Waals surface area contributed by atoms with Gasteiger partial charge in [0.2, 0.25) is 0 Å². The van der Waals surface area contributed by atoms with Crippen LogP contribution in [0.5, 0.6) is 0 Å². The number of nitrogens with zero attached hydrogens (tertiary/aromatic N) is 2. The van der Waals surface area contributed by atoms with Crippen LogP contribution in [0.25, 0.3) is 11.0 Å². The average Bonchev–Trinajstić information content (AvgIpc) is 2.31. The van der Waals surface area contributed by atoms with Crippen LogP contribution in [-0.4, -0.2) is 27.1 Å². The van der Waals surface area contributed by atoms with E-state index in [2.05, 4.69) is 4.98 Å². The zero-order valence-corrected chi connectivity index (χ0v) is 10.8. The molecule has 1 aromatic carbocycles. The molecule has 0 aliphatic carbocycles. The fraction of sp³-hybridized carbons (Fsp3) is 0.100. The fourth-order valence-corrected chi connectivity index (χ4v) is 2.03. The molecule has 1 amide bonds. The van der Waals surface area contributed by atoms with Gasteiger partial charge in [0.15, 0.2) is 5.69 Å². The lowest BCUT2D eigenvalue weighted by Crippen LogP contribution is -2.36. The summed E-state index contributed by atoms with van der Waals surface area (Å²) in [6, 6.07) is 6.47. The molecule has 0 aliphatic rings. The van der Waals surface area contributed by atoms with Crippen LogP contribution < -0.4 is 16.5 Å². The second-order valence-electron chi connectivity index (χ2n) is 3.94. The highest BCUT2D eigenvalue weighted by atomic mass is 31.2. The maximum absolute atomic E-state index is 11.9. The summed E-state index contributed by atoms with van der Waals surface area (Å²) in [5.74, 6) is 4.53. The summed E-state index contributed by atoms with van der Waals surface area (Å²) in [6.45, 7) is 0.937. The van der Waals surface area contributed by atoms with Crippen molar-refractivity contribution >= 4 is 24.5 Å². The topological polar surface area (TPSA) is 127 Å². The molecular weight excluding hydrogens is 271 g/mol. The van der Waals surface area contributed by atoms with Crippen LogP contribution in [0.3, 0.4) is 0 Å². The van der Waals surface area contributed by atoms with E-state index in [0.717, 1.165) is 11.3 Å². The summed E-state index contributed by atoms with van der Waals surface area (Å²) in [4.78, 5) is 36.5. The van der Waals surface area contributed by atoms with Gasteiger partial charge in [-0.15, -0.1) is 0 Å². The summed E-state index contributed by atoms with van der Waals surface area (Å²) < 4.78 is 11.9. The van der Waals surface area contributed by atoms with E-state index in [0.29, 0.717) is 11.0 Å². The smallest absolute Gasteiger partial charge is 0.300 e. The first-order chi connectivity index (χ1) is 8.79. The van der Waals surface area contributed by atoms with Crippen LogP contribution in [0, 0.1) is 0 Å². The first-order valence-electron chi connectivity index (χ1n) is 5.19. The van der Waals surface area contributed by atoms with E-state index in [9.17, 15) is 14.2 Å². The Morgan fingerprint density at radius 1 is 1.47 bits per heavy atom. The van der Waals surface area contributed by atoms with E-state index in [1.807, 2.05) is 5.09 Å². The van der Waals surface area contributed by atoms with Crippen molar-refractivity contribution in [2.75, 3.05) is 12.5 Å². The third kappa shape index (κ3) is 2.64. The molecular formula is C10H11N4O4P. The summed E-state index contributed by atoms with van der Waals surface area (Å²) in [5, 5.41) is 1.81. The number of rotatable bonds is 2. The minimum Gasteiger partial charge on any atom is -0.336 e. The van der Waals surface area contributed by atoms with E-state index in [4.69, 9.17) is 10.7 Å². The molecule has 1 unspecified atom stereocenters. The highest BCUT2D eigenvalue weighted by Gasteiger charge is 2.21. The van der Waals surface area contributed by atoms with Crippen molar-refractivity contribution < 1.29 is 14.3 Å². The largest absolute Gasteiger partial charge is 0.336 e. The number of amides is 1. The SMILES string of the molecule is CP(=O)(O)NC(=O)c1nc2ccccc2n(N)c1=O. The number of hydrogen-bond donors (Lipinski definition) is 3. The van der Waals surface area contributed by atoms with Gasteiger partial charge in [0.1, 0.15) is 0 Å². The highest BCUT2D eigenvalue weighted by Crippen LogP contribution is 2.28. The molecule has 1 atom stereocenters. The molecule has 0 fully saturated rings. The molecule has 100 valence electrons. The third-order valence-corrected chi connectivity index (χ3v) is 2.94. The van der Waals surface area contributed by atoms with Gasteiger partial charge in [0.25, 0.3) is 13.4 Å². The standard InChI is InChI=1S/C10H11N4O4P/c1-19(17,18)13-9(15)8-10(16)14(11)7-5-3-2-4-6(7)12-8/h2-5H,11H2,1H3,(H2,13,15,17,18). The number of carbonyl (C=O) groups is 1. The zero-order chi connectivity index (χ0) is 14.2. The quantitative estimate of drug-likeness (QED) is 0.510. The Morgan fingerprint density at radius 2 is 2.11 bits per heavy atom. The zero-order valence-electron chi connectivity index (χ0n) is 9.90. The van der Waals surface area contributed by atoms with Crippen LogP contribution in [0.2, 0.25) is 0 Å². The van der Waals surface area contributed by atoms with Crippen molar-refractivity contribution in [2.45, 2.75) is 0 Å². The number of aromatic nitrogens is 2. The number of carbonyl (C=O) groups excluding carboxylic acids is 1. The van der Waals surface area contributed by atoms with Crippen LogP contribution in [-0.2, 0) is 4.57 Å². The normalized spacial score (nSPS) is 14.0. The molecule has 9 heteroatoms. The van der Waals surface area contributed by atoms with Crippen molar-refractivity contribution in [3.63, 3.8) is 0 Å². The molecule has 0 radical (unpaired) electrons. The minimum absolute atomic E-state index is 0.332. The second kappa shape index (κ2) is 4.49. The Morgan fingerprint density at radius 3 is 2.74 bits per heavy atom. The Kier molecular flexibility index (Phi) is 3.13. The van der Waals surface area contributed by atoms with Crippen molar-refractivity contribution in [3.8, 4) is 0 Å². The monoisotopic (exact) mass is 282 g/mol. The lowest BCUT2D eigenvalue weighted by atomic mass is 10.3. The number of hydrogen-bond acceptors (Lipinski definition) is 5. The van der Waals surface area contributed by atoms with E-state index >= 15 is 0 Å². The average molecular weight is 282 g/mol. The van der Waals surface area contributed by atoms with Gasteiger partial charge in [-0.3, -0.25) is 19.2 Å². The number of fused-ring (bicyclic) bond motifs is 1. The first kappa shape index (κ1) is 13.3. The molecule has 0 aliphatic heterocycles. The lowest BCUT2D eigenvalue weighted by Gasteiger charge is -2.09. The lowest BCUT2D eigenvalue weighted by molar-refractivity contribution is 0.0971. The minimum atomic E-state index is -3.81. The van der Waals surface area contributed by atoms with Crippen LogP contribution in [0.1, 0.15) is 10.5 Å². The molecule has 0 spiro atoms. The Balaban J connectivity index is 2.62. The van der Waals surface area contributed by atoms with Crippen LogP contribution in [0.15, 0.2) is 29.1 Å². The molecule has 4 N–H and O–H groups in total. The molecule has 0 saturated heterocycles. The molecule has 1 aromatic heterocycles. The fourth-order valence-electron chi connectivity index (χ4n) is 1.54. The predicted octanol–water partition coefficient (Wildman–Crippen LogP) is -0.345. The van der Waals surface area contributed by atoms with Crippen LogP contribution in [0.4, 0.5) is 0 Å². The molecule has 0 bridgehead atoms. The van der Waals surface area contributed by atoms with Gasteiger partial charge >= 0.3 is 5.56 Å². The number of nitrogens with two attached hydrogens (primary N) is 1. The van der Waals surface area contributed by atoms with Crippen LogP contribution >= 0.6 is 7.52 Å². The molecule has 19 heavy (non-hydrogen) atoms. The van der Waals surface area contributed by atoms with E-state index in [1.165, 1.54) is 0 Å². The van der Waals surface area contributed by atoms with E-state index in [1.54, 1.807) is 24.3 Å². The first-order valence-corrected chi connectivity index (χ1v) is 7.30. The Labute approximate surface area is 107 Å². The van der Waals surface area contributed by atoms with Crippen molar-refractivity contribution in [2.24, 2.45) is 0 Å². The predicted molar refractivity (Wildman–Crippen MR) is 69.4 cm³/mol. The molecule has 2 aromatic rings. The summed E-state index contributed by atoms with van der Waals surface area (Å²) >= 11 is 0. The van der Waals surface area contributed by atoms with Crippen molar-refractivity contribution in [3.05, 3.63) is 40.3 Å². The number of benzene rings is 1. The van der Waals surface area contributed by atoms with Gasteiger partial charge in [0, 0.05) is 6.66 Å². The molecule has 0 saturated carbocycles. The van der Waals surface area contributed by atoms with Gasteiger partial charge < -0.3 is 10.7 Å². The van der Waals surface area contributed by atoms with Gasteiger partial charge in [-0.2, -0.15) is 0 Å². The Bertz CT molecular complexity index is 764. The maximum Gasteiger partial charge on any atom is 0.300 e. The maximum atomic E-state index is 11.9. The van der Waals surface area contributed by atoms with Gasteiger partial charge in [-0.1, -0.05) is 12.1 Å². The second-order valence-corrected chi connectivity index (χ2v) is 5.93. The van der Waals surface area contributed by atoms with Crippen molar-refractivity contribution in [1.29, 1.82) is 0 Å². The number of nitrogen functional groups attached to an aromatic ring is 1. The number of nitrogens with one attached hydrogen (secondary N) is 1.